The molecule has 3 rings (SSSR count). The minimum atomic E-state index is -0.544. The summed E-state index contributed by atoms with van der Waals surface area (Å²) in [6.45, 7) is 1.50. The second kappa shape index (κ2) is 9.09. The second-order valence-corrected chi connectivity index (χ2v) is 7.91. The predicted molar refractivity (Wildman–Crippen MR) is 111 cm³/mol. The fourth-order valence-corrected chi connectivity index (χ4v) is 4.37. The van der Waals surface area contributed by atoms with Crippen molar-refractivity contribution >= 4 is 29.3 Å². The number of hydrogen-bond donors (Lipinski definition) is 0. The molecule has 0 spiro atoms. The number of benzene rings is 2. The van der Waals surface area contributed by atoms with E-state index in [2.05, 4.69) is 5.18 Å². The number of esters is 1. The van der Waals surface area contributed by atoms with Crippen LogP contribution < -0.4 is 9.64 Å². The molecule has 8 heteroatoms. The third kappa shape index (κ3) is 4.59. The largest absolute Gasteiger partial charge is 0.497 e. The van der Waals surface area contributed by atoms with Gasteiger partial charge in [0.25, 0.3) is 0 Å². The quantitative estimate of drug-likeness (QED) is 0.507. The number of hydrogen-bond acceptors (Lipinski definition) is 7. The molecule has 2 unspecified atom stereocenters. The molecular formula is C21H22N2O5S. The van der Waals surface area contributed by atoms with Gasteiger partial charge >= 0.3 is 5.97 Å². The number of methoxy groups -OCH3 is 2. The van der Waals surface area contributed by atoms with Gasteiger partial charge in [0.2, 0.25) is 5.91 Å². The van der Waals surface area contributed by atoms with Crippen LogP contribution in [-0.4, -0.2) is 37.9 Å². The molecule has 1 heterocycles. The molecule has 0 bridgehead atoms. The topological polar surface area (TPSA) is 85.3 Å². The minimum Gasteiger partial charge on any atom is -0.497 e. The number of rotatable bonds is 7. The van der Waals surface area contributed by atoms with Crippen LogP contribution in [0.15, 0.2) is 52.5 Å². The molecule has 152 valence electrons. The average Bonchev–Trinajstić information content (AvgIpc) is 2.76. The van der Waals surface area contributed by atoms with Crippen LogP contribution in [0.2, 0.25) is 0 Å². The first-order valence-electron chi connectivity index (χ1n) is 9.11. The minimum absolute atomic E-state index is 0.174. The molecule has 7 nitrogen and oxygen atoms in total. The summed E-state index contributed by atoms with van der Waals surface area (Å²) in [5.74, 6) is 0.0680. The van der Waals surface area contributed by atoms with E-state index in [1.807, 2.05) is 36.4 Å². The number of carbonyl (C=O) groups is 2. The van der Waals surface area contributed by atoms with Gasteiger partial charge in [0.1, 0.15) is 18.3 Å². The van der Waals surface area contributed by atoms with Crippen molar-refractivity contribution in [2.75, 3.05) is 25.7 Å². The Morgan fingerprint density at radius 2 is 1.93 bits per heavy atom. The van der Waals surface area contributed by atoms with Crippen LogP contribution in [0.4, 0.5) is 5.69 Å². The van der Waals surface area contributed by atoms with Crippen LogP contribution in [0.25, 0.3) is 0 Å². The lowest BCUT2D eigenvalue weighted by Gasteiger charge is -2.33. The SMILES string of the molecule is COC(=O)CN1C(=O)C(Cc2ccc(OC)cc2)Sc2ccc(C(C)N=O)cc21. The predicted octanol–water partition coefficient (Wildman–Crippen LogP) is 3.75. The van der Waals surface area contributed by atoms with Crippen LogP contribution in [-0.2, 0) is 20.7 Å². The number of fused-ring (bicyclic) bond motifs is 1. The first kappa shape index (κ1) is 20.9. The average molecular weight is 414 g/mol. The monoisotopic (exact) mass is 414 g/mol. The zero-order valence-corrected chi connectivity index (χ0v) is 17.3. The van der Waals surface area contributed by atoms with Gasteiger partial charge in [-0.1, -0.05) is 23.4 Å². The van der Waals surface area contributed by atoms with Gasteiger partial charge in [-0.15, -0.1) is 11.8 Å². The maximum atomic E-state index is 13.2. The van der Waals surface area contributed by atoms with E-state index in [4.69, 9.17) is 9.47 Å². The Morgan fingerprint density at radius 1 is 1.21 bits per heavy atom. The van der Waals surface area contributed by atoms with Crippen molar-refractivity contribution in [1.82, 2.24) is 0 Å². The highest BCUT2D eigenvalue weighted by molar-refractivity contribution is 8.01. The normalized spacial score (nSPS) is 16.7. The molecule has 2 aromatic rings. The zero-order valence-electron chi connectivity index (χ0n) is 16.5. The fraction of sp³-hybridized carbons (Fsp3) is 0.333. The van der Waals surface area contributed by atoms with Gasteiger partial charge in [0.15, 0.2) is 0 Å². The molecule has 1 aliphatic heterocycles. The number of ether oxygens (including phenoxy) is 2. The van der Waals surface area contributed by atoms with Gasteiger partial charge in [-0.25, -0.2) is 0 Å². The van der Waals surface area contributed by atoms with Gasteiger partial charge in [0.05, 0.1) is 25.2 Å². The molecule has 2 aromatic carbocycles. The zero-order chi connectivity index (χ0) is 21.0. The molecule has 0 saturated carbocycles. The highest BCUT2D eigenvalue weighted by atomic mass is 32.2. The van der Waals surface area contributed by atoms with Gasteiger partial charge in [-0.05, 0) is 48.7 Å². The Kier molecular flexibility index (Phi) is 6.53. The van der Waals surface area contributed by atoms with Gasteiger partial charge < -0.3 is 9.47 Å². The molecule has 0 radical (unpaired) electrons. The first-order chi connectivity index (χ1) is 14.0. The summed E-state index contributed by atoms with van der Waals surface area (Å²) in [5.41, 5.74) is 2.29. The second-order valence-electron chi connectivity index (χ2n) is 6.67. The summed E-state index contributed by atoms with van der Waals surface area (Å²) in [6, 6.07) is 12.5. The van der Waals surface area contributed by atoms with E-state index in [9.17, 15) is 14.5 Å². The van der Waals surface area contributed by atoms with E-state index in [1.165, 1.54) is 23.8 Å². The van der Waals surface area contributed by atoms with E-state index >= 15 is 0 Å². The third-order valence-electron chi connectivity index (χ3n) is 4.82. The van der Waals surface area contributed by atoms with Crippen molar-refractivity contribution in [2.45, 2.75) is 29.5 Å². The van der Waals surface area contributed by atoms with Crippen LogP contribution in [0.5, 0.6) is 5.75 Å². The Labute approximate surface area is 173 Å². The fourth-order valence-electron chi connectivity index (χ4n) is 3.12. The van der Waals surface area contributed by atoms with Crippen LogP contribution >= 0.6 is 11.8 Å². The number of nitroso groups, excluding NO2 is 1. The summed E-state index contributed by atoms with van der Waals surface area (Å²) in [4.78, 5) is 38.4. The lowest BCUT2D eigenvalue weighted by Crippen LogP contribution is -2.45. The number of nitrogens with zero attached hydrogens (tertiary/aromatic N) is 2. The Bertz CT molecular complexity index is 916. The van der Waals surface area contributed by atoms with E-state index < -0.39 is 12.0 Å². The van der Waals surface area contributed by atoms with E-state index in [0.717, 1.165) is 16.2 Å². The molecule has 29 heavy (non-hydrogen) atoms. The molecule has 0 aromatic heterocycles. The number of carbonyl (C=O) groups excluding carboxylic acids is 2. The summed E-state index contributed by atoms with van der Waals surface area (Å²) in [5, 5.41) is 2.67. The standard InChI is InChI=1S/C21H22N2O5S/c1-13(22-26)15-6-9-18-17(11-15)23(12-20(24)28-3)21(25)19(29-18)10-14-4-7-16(27-2)8-5-14/h4-9,11,13,19H,10,12H2,1-3H3. The summed E-state index contributed by atoms with van der Waals surface area (Å²) >= 11 is 1.45. The molecule has 1 aliphatic rings. The smallest absolute Gasteiger partial charge is 0.325 e. The van der Waals surface area contributed by atoms with Crippen molar-refractivity contribution in [3.05, 3.63) is 58.5 Å². The number of amides is 1. The highest BCUT2D eigenvalue weighted by Crippen LogP contribution is 2.42. The lowest BCUT2D eigenvalue weighted by molar-refractivity contribution is -0.140. The van der Waals surface area contributed by atoms with Gasteiger partial charge in [-0.3, -0.25) is 14.5 Å². The van der Waals surface area contributed by atoms with Crippen molar-refractivity contribution in [1.29, 1.82) is 0 Å². The molecule has 2 atom stereocenters. The van der Waals surface area contributed by atoms with Crippen LogP contribution in [0.3, 0.4) is 0 Å². The molecular weight excluding hydrogens is 392 g/mol. The highest BCUT2D eigenvalue weighted by Gasteiger charge is 2.35. The first-order valence-corrected chi connectivity index (χ1v) is 9.99. The number of thioether (sulfide) groups is 1. The van der Waals surface area contributed by atoms with Crippen molar-refractivity contribution in [3.8, 4) is 5.75 Å². The molecule has 0 fully saturated rings. The van der Waals surface area contributed by atoms with Crippen LogP contribution in [0, 0.1) is 4.91 Å². The van der Waals surface area contributed by atoms with E-state index in [-0.39, 0.29) is 17.7 Å². The molecule has 0 aliphatic carbocycles. The van der Waals surface area contributed by atoms with Crippen LogP contribution in [0.1, 0.15) is 24.1 Å². The van der Waals surface area contributed by atoms with Gasteiger partial charge in [0, 0.05) is 4.90 Å². The molecule has 0 N–H and O–H groups in total. The van der Waals surface area contributed by atoms with E-state index in [0.29, 0.717) is 17.7 Å². The molecule has 1 amide bonds. The lowest BCUT2D eigenvalue weighted by atomic mass is 10.1. The summed E-state index contributed by atoms with van der Waals surface area (Å²) in [7, 11) is 2.89. The maximum Gasteiger partial charge on any atom is 0.325 e. The summed E-state index contributed by atoms with van der Waals surface area (Å²) in [6.07, 6.45) is 0.513. The van der Waals surface area contributed by atoms with Crippen molar-refractivity contribution in [2.24, 2.45) is 5.18 Å². The Hall–Kier alpha value is -2.87. The Balaban J connectivity index is 1.93. The third-order valence-corrected chi connectivity index (χ3v) is 6.07. The molecule has 0 saturated heterocycles. The van der Waals surface area contributed by atoms with Crippen molar-refractivity contribution in [3.63, 3.8) is 0 Å². The van der Waals surface area contributed by atoms with E-state index in [1.54, 1.807) is 20.1 Å². The Morgan fingerprint density at radius 3 is 2.55 bits per heavy atom. The maximum absolute atomic E-state index is 13.2. The van der Waals surface area contributed by atoms with Crippen molar-refractivity contribution < 1.29 is 19.1 Å². The van der Waals surface area contributed by atoms with Gasteiger partial charge in [-0.2, -0.15) is 4.91 Å². The summed E-state index contributed by atoms with van der Waals surface area (Å²) < 4.78 is 9.95. The number of anilines is 1.